The van der Waals surface area contributed by atoms with E-state index in [1.54, 1.807) is 6.82 Å². The van der Waals surface area contributed by atoms with E-state index in [4.69, 9.17) is 17.2 Å². The van der Waals surface area contributed by atoms with Crippen molar-refractivity contribution in [3.63, 3.8) is 0 Å². The predicted molar refractivity (Wildman–Crippen MR) is 31.5 cm³/mol. The van der Waals surface area contributed by atoms with E-state index in [9.17, 15) is 4.79 Å². The summed E-state index contributed by atoms with van der Waals surface area (Å²) in [6.45, 7) is 1.21. The molecule has 0 radical (unpaired) electrons. The molecule has 0 saturated heterocycles. The molecule has 0 unspecified atom stereocenters. The zero-order chi connectivity index (χ0) is 5.86. The second kappa shape index (κ2) is 3.05. The Labute approximate surface area is 48.1 Å². The van der Waals surface area contributed by atoms with Gasteiger partial charge in [0.1, 0.15) is 5.68 Å². The van der Waals surface area contributed by atoms with Crippen LogP contribution in [0, 0.1) is 0 Å². The maximum Gasteiger partial charge on any atom is 0.296 e. The van der Waals surface area contributed by atoms with E-state index in [0.717, 1.165) is 0 Å². The first kappa shape index (κ1) is 6.98. The molecule has 40 valence electrons. The second-order valence-corrected chi connectivity index (χ2v) is 1.66. The Kier molecular flexibility index (Phi) is 3.04. The first-order valence-electron chi connectivity index (χ1n) is 2.02. The summed E-state index contributed by atoms with van der Waals surface area (Å²) < 4.78 is 0. The Morgan fingerprint density at radius 1 is 2.00 bits per heavy atom. The van der Waals surface area contributed by atoms with Crippen LogP contribution in [-0.2, 0) is 4.79 Å². The molecule has 4 heteroatoms. The first-order chi connectivity index (χ1) is 3.18. The van der Waals surface area contributed by atoms with Gasteiger partial charge in [0.25, 0.3) is 6.85 Å². The van der Waals surface area contributed by atoms with Crippen LogP contribution in [0.15, 0.2) is 0 Å². The van der Waals surface area contributed by atoms with Gasteiger partial charge in [-0.1, -0.05) is 6.82 Å². The second-order valence-electron chi connectivity index (χ2n) is 1.39. The van der Waals surface area contributed by atoms with Gasteiger partial charge in [-0.05, 0) is 0 Å². The molecule has 0 heterocycles. The lowest BCUT2D eigenvalue weighted by Gasteiger charge is -1.90. The SMILES string of the molecule is CB(N)C(=O)CCl. The van der Waals surface area contributed by atoms with Gasteiger partial charge in [0, 0.05) is 0 Å². The molecule has 0 aromatic rings. The third-order valence-electron chi connectivity index (χ3n) is 0.640. The average Bonchev–Trinajstić information content (AvgIpc) is 1.65. The number of hydrogen-bond donors (Lipinski definition) is 1. The number of carbonyl (C=O) groups excluding carboxylic acids is 1. The van der Waals surface area contributed by atoms with Gasteiger partial charge in [0.15, 0.2) is 0 Å². The summed E-state index contributed by atoms with van der Waals surface area (Å²) in [5, 5.41) is 0. The molecular weight excluding hydrogens is 112 g/mol. The number of halogens is 1. The summed E-state index contributed by atoms with van der Waals surface area (Å²) >= 11 is 5.12. The highest BCUT2D eigenvalue weighted by Crippen LogP contribution is 1.78. The van der Waals surface area contributed by atoms with Crippen LogP contribution in [0.25, 0.3) is 0 Å². The number of rotatable bonds is 2. The van der Waals surface area contributed by atoms with Gasteiger partial charge in [-0.3, -0.25) is 0 Å². The van der Waals surface area contributed by atoms with Crippen LogP contribution in [0.1, 0.15) is 0 Å². The number of hydrogen-bond acceptors (Lipinski definition) is 2. The monoisotopic (exact) mass is 119 g/mol. The van der Waals surface area contributed by atoms with Crippen molar-refractivity contribution in [2.75, 3.05) is 5.88 Å². The largest absolute Gasteiger partial charge is 0.363 e. The summed E-state index contributed by atoms with van der Waals surface area (Å²) in [5.41, 5.74) is 5.00. The fourth-order valence-corrected chi connectivity index (χ4v) is 0.365. The third-order valence-corrected chi connectivity index (χ3v) is 0.903. The first-order valence-corrected chi connectivity index (χ1v) is 2.56. The Hall–Kier alpha value is -0.0151. The van der Waals surface area contributed by atoms with E-state index in [1.807, 2.05) is 0 Å². The fraction of sp³-hybridized carbons (Fsp3) is 0.667. The van der Waals surface area contributed by atoms with Crippen molar-refractivity contribution in [2.24, 2.45) is 5.64 Å². The number of nitrogens with two attached hydrogens (primary N) is 1. The fourth-order valence-electron chi connectivity index (χ4n) is 0.122. The molecule has 0 saturated carbocycles. The molecule has 2 N–H and O–H groups in total. The van der Waals surface area contributed by atoms with Crippen molar-refractivity contribution in [3.8, 4) is 0 Å². The van der Waals surface area contributed by atoms with Gasteiger partial charge in [-0.2, -0.15) is 0 Å². The van der Waals surface area contributed by atoms with E-state index in [2.05, 4.69) is 0 Å². The normalized spacial score (nSPS) is 8.43. The van der Waals surface area contributed by atoms with Crippen LogP contribution in [0.5, 0.6) is 0 Å². The highest BCUT2D eigenvalue weighted by atomic mass is 35.5. The van der Waals surface area contributed by atoms with Crippen molar-refractivity contribution in [1.82, 2.24) is 0 Å². The zero-order valence-electron chi connectivity index (χ0n) is 4.15. The van der Waals surface area contributed by atoms with Gasteiger partial charge in [0.05, 0.1) is 5.88 Å². The quantitative estimate of drug-likeness (QED) is 0.408. The minimum absolute atomic E-state index is 0.0255. The van der Waals surface area contributed by atoms with Gasteiger partial charge in [-0.15, -0.1) is 11.6 Å². The van der Waals surface area contributed by atoms with Gasteiger partial charge < -0.3 is 10.4 Å². The highest BCUT2D eigenvalue weighted by Gasteiger charge is 2.08. The Morgan fingerprint density at radius 3 is 2.43 bits per heavy atom. The van der Waals surface area contributed by atoms with Crippen molar-refractivity contribution in [3.05, 3.63) is 0 Å². The van der Waals surface area contributed by atoms with Crippen molar-refractivity contribution in [2.45, 2.75) is 6.82 Å². The molecule has 0 bridgehead atoms. The molecule has 0 aliphatic carbocycles. The van der Waals surface area contributed by atoms with Crippen molar-refractivity contribution in [1.29, 1.82) is 0 Å². The minimum Gasteiger partial charge on any atom is -0.363 e. The van der Waals surface area contributed by atoms with Gasteiger partial charge in [-0.25, -0.2) is 0 Å². The standard InChI is InChI=1S/C3H7BClNO/c1-4(6)3(7)2-5/h2,6H2,1H3. The molecule has 0 aliphatic heterocycles. The van der Waals surface area contributed by atoms with Crippen molar-refractivity contribution >= 4 is 24.1 Å². The van der Waals surface area contributed by atoms with E-state index < -0.39 is 6.85 Å². The minimum atomic E-state index is -0.405. The molecule has 0 spiro atoms. The van der Waals surface area contributed by atoms with Crippen LogP contribution in [-0.4, -0.2) is 18.4 Å². The Balaban J connectivity index is 3.35. The average molecular weight is 119 g/mol. The number of alkyl halides is 1. The molecule has 2 nitrogen and oxygen atoms in total. The van der Waals surface area contributed by atoms with E-state index >= 15 is 0 Å². The highest BCUT2D eigenvalue weighted by molar-refractivity contribution is 6.88. The summed E-state index contributed by atoms with van der Waals surface area (Å²) in [4.78, 5) is 10.3. The third kappa shape index (κ3) is 2.65. The van der Waals surface area contributed by atoms with E-state index in [-0.39, 0.29) is 11.6 Å². The summed E-state index contributed by atoms with van der Waals surface area (Å²) in [6.07, 6.45) is 0. The Morgan fingerprint density at radius 2 is 2.43 bits per heavy atom. The van der Waals surface area contributed by atoms with E-state index in [0.29, 0.717) is 0 Å². The lowest BCUT2D eigenvalue weighted by Crippen LogP contribution is -2.33. The lowest BCUT2D eigenvalue weighted by atomic mass is 9.63. The van der Waals surface area contributed by atoms with Crippen LogP contribution in [0.2, 0.25) is 6.82 Å². The van der Waals surface area contributed by atoms with Crippen LogP contribution in [0.4, 0.5) is 0 Å². The molecule has 0 fully saturated rings. The van der Waals surface area contributed by atoms with Gasteiger partial charge in [0.2, 0.25) is 0 Å². The summed E-state index contributed by atoms with van der Waals surface area (Å²) in [7, 11) is 0. The molecule has 0 aromatic carbocycles. The molecule has 0 aromatic heterocycles. The van der Waals surface area contributed by atoms with Crippen LogP contribution >= 0.6 is 11.6 Å². The topological polar surface area (TPSA) is 43.1 Å². The van der Waals surface area contributed by atoms with Crippen LogP contribution in [0.3, 0.4) is 0 Å². The summed E-state index contributed by atoms with van der Waals surface area (Å²) in [6, 6.07) is 0. The maximum atomic E-state index is 10.3. The van der Waals surface area contributed by atoms with Gasteiger partial charge >= 0.3 is 0 Å². The summed E-state index contributed by atoms with van der Waals surface area (Å²) in [5.74, 6) is 0.0255. The molecule has 0 amide bonds. The zero-order valence-corrected chi connectivity index (χ0v) is 4.90. The maximum absolute atomic E-state index is 10.3. The molecule has 0 rings (SSSR count). The predicted octanol–water partition coefficient (Wildman–Crippen LogP) is -0.0865. The molecular formula is C3H7BClNO. The number of carbonyl (C=O) groups is 1. The van der Waals surface area contributed by atoms with Crippen LogP contribution < -0.4 is 5.64 Å². The lowest BCUT2D eigenvalue weighted by molar-refractivity contribution is -0.110. The molecule has 0 atom stereocenters. The van der Waals surface area contributed by atoms with E-state index in [1.165, 1.54) is 0 Å². The smallest absolute Gasteiger partial charge is 0.296 e. The Bertz CT molecular complexity index is 75.3. The molecule has 7 heavy (non-hydrogen) atoms. The molecule has 0 aliphatic rings. The van der Waals surface area contributed by atoms with Crippen molar-refractivity contribution < 1.29 is 4.79 Å².